The summed E-state index contributed by atoms with van der Waals surface area (Å²) < 4.78 is 37.4. The molecule has 1 aromatic carbocycles. The molecule has 0 saturated carbocycles. The monoisotopic (exact) mass is 281 g/mol. The highest BCUT2D eigenvalue weighted by atomic mass is 19.4. The summed E-state index contributed by atoms with van der Waals surface area (Å²) in [5.74, 6) is 0. The number of aliphatic hydroxyl groups excluding tert-OH is 1. The van der Waals surface area contributed by atoms with Crippen molar-refractivity contribution in [3.8, 4) is 0 Å². The average Bonchev–Trinajstić information content (AvgIpc) is 2.37. The van der Waals surface area contributed by atoms with Crippen LogP contribution in [0.15, 0.2) is 36.5 Å². The second kappa shape index (κ2) is 5.25. The van der Waals surface area contributed by atoms with Crippen LogP contribution in [-0.2, 0) is 6.18 Å². The summed E-state index contributed by atoms with van der Waals surface area (Å²) in [7, 11) is 0. The van der Waals surface area contributed by atoms with Crippen molar-refractivity contribution < 1.29 is 18.3 Å². The summed E-state index contributed by atoms with van der Waals surface area (Å²) >= 11 is 0. The van der Waals surface area contributed by atoms with E-state index >= 15 is 0 Å². The van der Waals surface area contributed by atoms with Crippen molar-refractivity contribution in [2.24, 2.45) is 0 Å². The second-order valence-electron chi connectivity index (χ2n) is 4.74. The first-order valence-corrected chi connectivity index (χ1v) is 6.07. The Morgan fingerprint density at radius 2 is 1.70 bits per heavy atom. The van der Waals surface area contributed by atoms with Gasteiger partial charge in [-0.3, -0.25) is 4.98 Å². The molecule has 1 atom stereocenters. The molecule has 0 aliphatic carbocycles. The molecule has 0 radical (unpaired) electrons. The molecule has 5 heteroatoms. The molecule has 2 nitrogen and oxygen atoms in total. The van der Waals surface area contributed by atoms with Crippen molar-refractivity contribution in [2.45, 2.75) is 26.1 Å². The van der Waals surface area contributed by atoms with Gasteiger partial charge in [-0.15, -0.1) is 0 Å². The van der Waals surface area contributed by atoms with Gasteiger partial charge in [0.25, 0.3) is 0 Å². The summed E-state index contributed by atoms with van der Waals surface area (Å²) in [5, 5.41) is 10.2. The van der Waals surface area contributed by atoms with Crippen LogP contribution < -0.4 is 0 Å². The standard InChI is InChI=1S/C15H14F3NO/c1-9-7-10(2)13(19-8-9)14(20)11-3-5-12(6-4-11)15(16,17)18/h3-8,14,20H,1-2H3. The Morgan fingerprint density at radius 3 is 2.20 bits per heavy atom. The average molecular weight is 281 g/mol. The van der Waals surface area contributed by atoms with Crippen molar-refractivity contribution in [2.75, 3.05) is 0 Å². The predicted molar refractivity (Wildman–Crippen MR) is 69.2 cm³/mol. The molecule has 0 fully saturated rings. The Morgan fingerprint density at radius 1 is 1.10 bits per heavy atom. The molecule has 1 aromatic heterocycles. The number of aliphatic hydroxyl groups is 1. The summed E-state index contributed by atoms with van der Waals surface area (Å²) in [6, 6.07) is 6.34. The number of rotatable bonds is 2. The normalized spacial score (nSPS) is 13.3. The maximum Gasteiger partial charge on any atom is 0.416 e. The number of aromatic nitrogens is 1. The molecule has 1 heterocycles. The van der Waals surface area contributed by atoms with E-state index in [0.717, 1.165) is 23.3 Å². The van der Waals surface area contributed by atoms with Crippen LogP contribution in [0.5, 0.6) is 0 Å². The Bertz CT molecular complexity index is 606. The number of alkyl halides is 3. The molecule has 2 aromatic rings. The minimum absolute atomic E-state index is 0.387. The van der Waals surface area contributed by atoms with Crippen LogP contribution in [0.4, 0.5) is 13.2 Å². The van der Waals surface area contributed by atoms with Crippen LogP contribution in [0.25, 0.3) is 0 Å². The fourth-order valence-corrected chi connectivity index (χ4v) is 2.02. The highest BCUT2D eigenvalue weighted by Crippen LogP contribution is 2.31. The van der Waals surface area contributed by atoms with E-state index in [4.69, 9.17) is 0 Å². The zero-order chi connectivity index (χ0) is 14.9. The van der Waals surface area contributed by atoms with Gasteiger partial charge in [0, 0.05) is 6.20 Å². The lowest BCUT2D eigenvalue weighted by molar-refractivity contribution is -0.137. The molecule has 0 saturated heterocycles. The van der Waals surface area contributed by atoms with Gasteiger partial charge in [-0.2, -0.15) is 13.2 Å². The Hall–Kier alpha value is -1.88. The Kier molecular flexibility index (Phi) is 3.81. The number of pyridine rings is 1. The first-order chi connectivity index (χ1) is 9.29. The van der Waals surface area contributed by atoms with Gasteiger partial charge in [-0.25, -0.2) is 0 Å². The number of hydrogen-bond donors (Lipinski definition) is 1. The summed E-state index contributed by atoms with van der Waals surface area (Å²) in [4.78, 5) is 4.15. The van der Waals surface area contributed by atoms with Crippen molar-refractivity contribution in [1.29, 1.82) is 0 Å². The molecule has 0 spiro atoms. The minimum Gasteiger partial charge on any atom is -0.382 e. The maximum absolute atomic E-state index is 12.5. The van der Waals surface area contributed by atoms with Gasteiger partial charge in [0.2, 0.25) is 0 Å². The van der Waals surface area contributed by atoms with Crippen LogP contribution in [-0.4, -0.2) is 10.1 Å². The highest BCUT2D eigenvalue weighted by Gasteiger charge is 2.30. The molecule has 20 heavy (non-hydrogen) atoms. The van der Waals surface area contributed by atoms with Crippen LogP contribution in [0.1, 0.15) is 34.1 Å². The lowest BCUT2D eigenvalue weighted by Crippen LogP contribution is -2.08. The largest absolute Gasteiger partial charge is 0.416 e. The molecule has 0 aliphatic rings. The van der Waals surface area contributed by atoms with Crippen molar-refractivity contribution >= 4 is 0 Å². The van der Waals surface area contributed by atoms with Crippen molar-refractivity contribution in [3.05, 3.63) is 64.5 Å². The topological polar surface area (TPSA) is 33.1 Å². The maximum atomic E-state index is 12.5. The molecule has 106 valence electrons. The smallest absolute Gasteiger partial charge is 0.382 e. The number of benzene rings is 1. The SMILES string of the molecule is Cc1cnc(C(O)c2ccc(C(F)(F)F)cc2)c(C)c1. The van der Waals surface area contributed by atoms with Gasteiger partial charge < -0.3 is 5.11 Å². The highest BCUT2D eigenvalue weighted by molar-refractivity contribution is 5.34. The zero-order valence-corrected chi connectivity index (χ0v) is 11.1. The van der Waals surface area contributed by atoms with E-state index in [9.17, 15) is 18.3 Å². The van der Waals surface area contributed by atoms with E-state index in [0.29, 0.717) is 11.3 Å². The third kappa shape index (κ3) is 2.99. The quantitative estimate of drug-likeness (QED) is 0.908. The number of aryl methyl sites for hydroxylation is 2. The fraction of sp³-hybridized carbons (Fsp3) is 0.267. The van der Waals surface area contributed by atoms with Gasteiger partial charge in [0.1, 0.15) is 6.10 Å². The van der Waals surface area contributed by atoms with Crippen LogP contribution >= 0.6 is 0 Å². The number of nitrogens with zero attached hydrogens (tertiary/aromatic N) is 1. The summed E-state index contributed by atoms with van der Waals surface area (Å²) in [5.41, 5.74) is 1.87. The lowest BCUT2D eigenvalue weighted by Gasteiger charge is -2.14. The molecule has 1 unspecified atom stereocenters. The third-order valence-corrected chi connectivity index (χ3v) is 3.07. The lowest BCUT2D eigenvalue weighted by atomic mass is 10.0. The van der Waals surface area contributed by atoms with Gasteiger partial charge >= 0.3 is 6.18 Å². The van der Waals surface area contributed by atoms with E-state index in [1.807, 2.05) is 19.9 Å². The predicted octanol–water partition coefficient (Wildman–Crippen LogP) is 3.80. The van der Waals surface area contributed by atoms with E-state index in [1.165, 1.54) is 12.1 Å². The van der Waals surface area contributed by atoms with Crippen LogP contribution in [0.2, 0.25) is 0 Å². The summed E-state index contributed by atoms with van der Waals surface area (Å²) in [6.07, 6.45) is -3.78. The fourth-order valence-electron chi connectivity index (χ4n) is 2.02. The molecular weight excluding hydrogens is 267 g/mol. The van der Waals surface area contributed by atoms with E-state index in [-0.39, 0.29) is 0 Å². The van der Waals surface area contributed by atoms with Gasteiger partial charge in [-0.1, -0.05) is 18.2 Å². The molecule has 0 amide bonds. The van der Waals surface area contributed by atoms with Crippen molar-refractivity contribution in [1.82, 2.24) is 4.98 Å². The first kappa shape index (κ1) is 14.5. The number of halogens is 3. The van der Waals surface area contributed by atoms with E-state index in [1.54, 1.807) is 6.20 Å². The first-order valence-electron chi connectivity index (χ1n) is 6.07. The number of hydrogen-bond acceptors (Lipinski definition) is 2. The second-order valence-corrected chi connectivity index (χ2v) is 4.74. The van der Waals surface area contributed by atoms with Gasteiger partial charge in [0.05, 0.1) is 11.3 Å². The molecule has 1 N–H and O–H groups in total. The van der Waals surface area contributed by atoms with Crippen LogP contribution in [0.3, 0.4) is 0 Å². The Labute approximate surface area is 114 Å². The molecule has 0 bridgehead atoms. The molecule has 2 rings (SSSR count). The molecular formula is C15H14F3NO. The Balaban J connectivity index is 2.31. The zero-order valence-electron chi connectivity index (χ0n) is 11.1. The van der Waals surface area contributed by atoms with Gasteiger partial charge in [0.15, 0.2) is 0 Å². The van der Waals surface area contributed by atoms with E-state index in [2.05, 4.69) is 4.98 Å². The molecule has 0 aliphatic heterocycles. The minimum atomic E-state index is -4.37. The van der Waals surface area contributed by atoms with Crippen molar-refractivity contribution in [3.63, 3.8) is 0 Å². The van der Waals surface area contributed by atoms with Crippen LogP contribution in [0, 0.1) is 13.8 Å². The van der Waals surface area contributed by atoms with Gasteiger partial charge in [-0.05, 0) is 42.7 Å². The van der Waals surface area contributed by atoms with E-state index < -0.39 is 17.8 Å². The third-order valence-electron chi connectivity index (χ3n) is 3.07. The summed E-state index contributed by atoms with van der Waals surface area (Å²) in [6.45, 7) is 3.69.